The van der Waals surface area contributed by atoms with Crippen molar-refractivity contribution in [3.63, 3.8) is 0 Å². The van der Waals surface area contributed by atoms with E-state index in [9.17, 15) is 0 Å². The number of aryl methyl sites for hydroxylation is 6. The summed E-state index contributed by atoms with van der Waals surface area (Å²) in [5, 5.41) is 5.50. The SMILES string of the molecule is Cc1c2ccccc2c(C)c2ccccc12.Cc1ccc(C)cc1.Cc1ccc(C)s1. The average Bonchev–Trinajstić information content (AvgIpc) is 3.17. The van der Waals surface area contributed by atoms with Crippen LogP contribution in [-0.2, 0) is 0 Å². The highest BCUT2D eigenvalue weighted by Gasteiger charge is 2.06. The van der Waals surface area contributed by atoms with Crippen LogP contribution in [-0.4, -0.2) is 0 Å². The van der Waals surface area contributed by atoms with E-state index in [1.165, 1.54) is 53.6 Å². The van der Waals surface area contributed by atoms with E-state index in [4.69, 9.17) is 0 Å². The maximum Gasteiger partial charge on any atom is 0.00170 e. The lowest BCUT2D eigenvalue weighted by Crippen LogP contribution is -1.87. The van der Waals surface area contributed by atoms with Crippen LogP contribution >= 0.6 is 11.3 Å². The lowest BCUT2D eigenvalue weighted by molar-refractivity contribution is 1.40. The van der Waals surface area contributed by atoms with E-state index in [1.54, 1.807) is 0 Å². The van der Waals surface area contributed by atoms with Crippen molar-refractivity contribution in [1.29, 1.82) is 0 Å². The molecule has 5 rings (SSSR count). The molecule has 0 aliphatic rings. The largest absolute Gasteiger partial charge is 0.146 e. The van der Waals surface area contributed by atoms with Gasteiger partial charge in [-0.2, -0.15) is 0 Å². The van der Waals surface area contributed by atoms with Gasteiger partial charge in [0.15, 0.2) is 0 Å². The molecule has 0 aliphatic heterocycles. The molecule has 0 nitrogen and oxygen atoms in total. The Morgan fingerprint density at radius 1 is 0.387 bits per heavy atom. The van der Waals surface area contributed by atoms with Gasteiger partial charge < -0.3 is 0 Å². The minimum atomic E-state index is 1.33. The summed E-state index contributed by atoms with van der Waals surface area (Å²) in [5.41, 5.74) is 5.43. The summed E-state index contributed by atoms with van der Waals surface area (Å²) >= 11 is 1.84. The van der Waals surface area contributed by atoms with Gasteiger partial charge in [-0.1, -0.05) is 83.9 Å². The Morgan fingerprint density at radius 3 is 0.903 bits per heavy atom. The van der Waals surface area contributed by atoms with Gasteiger partial charge in [0.2, 0.25) is 0 Å². The van der Waals surface area contributed by atoms with Crippen LogP contribution < -0.4 is 0 Å². The highest BCUT2D eigenvalue weighted by molar-refractivity contribution is 7.11. The van der Waals surface area contributed by atoms with Crippen LogP contribution in [0.15, 0.2) is 84.9 Å². The molecule has 0 aliphatic carbocycles. The minimum absolute atomic E-state index is 1.33. The molecule has 158 valence electrons. The first-order valence-corrected chi connectivity index (χ1v) is 11.6. The van der Waals surface area contributed by atoms with Gasteiger partial charge in [0.25, 0.3) is 0 Å². The molecular weight excluding hydrogens is 392 g/mol. The first-order valence-electron chi connectivity index (χ1n) is 10.8. The lowest BCUT2D eigenvalue weighted by Gasteiger charge is -2.11. The van der Waals surface area contributed by atoms with Crippen molar-refractivity contribution in [3.05, 3.63) is 117 Å². The van der Waals surface area contributed by atoms with Crippen LogP contribution in [0.25, 0.3) is 21.5 Å². The van der Waals surface area contributed by atoms with Crippen molar-refractivity contribution >= 4 is 32.9 Å². The summed E-state index contributed by atoms with van der Waals surface area (Å²) in [5.74, 6) is 0. The summed E-state index contributed by atoms with van der Waals surface area (Å²) in [4.78, 5) is 2.80. The standard InChI is InChI=1S/C16H14.C8H10.C6H8S/c1-11-13-7-3-5-9-15(13)12(2)16-10-6-4-8-14(11)16;1-7-3-5-8(2)6-4-7;1-5-3-4-6(2)7-5/h3-10H,1-2H3;3-6H,1-2H3;3-4H,1-2H3. The van der Waals surface area contributed by atoms with E-state index in [1.807, 2.05) is 11.3 Å². The second kappa shape index (κ2) is 10.4. The summed E-state index contributed by atoms with van der Waals surface area (Å²) in [6.07, 6.45) is 0. The fraction of sp³-hybridized carbons (Fsp3) is 0.200. The van der Waals surface area contributed by atoms with E-state index in [2.05, 4.69) is 126 Å². The molecule has 0 spiro atoms. The zero-order valence-corrected chi connectivity index (χ0v) is 20.3. The Hall–Kier alpha value is -2.90. The molecule has 31 heavy (non-hydrogen) atoms. The van der Waals surface area contributed by atoms with E-state index in [0.29, 0.717) is 0 Å². The van der Waals surface area contributed by atoms with Crippen LogP contribution in [0, 0.1) is 41.5 Å². The van der Waals surface area contributed by atoms with Gasteiger partial charge in [-0.3, -0.25) is 0 Å². The minimum Gasteiger partial charge on any atom is -0.146 e. The second-order valence-corrected chi connectivity index (χ2v) is 9.64. The predicted molar refractivity (Wildman–Crippen MR) is 141 cm³/mol. The molecule has 1 heterocycles. The molecule has 0 unspecified atom stereocenters. The molecule has 1 aromatic heterocycles. The second-order valence-electron chi connectivity index (χ2n) is 8.15. The van der Waals surface area contributed by atoms with Crippen molar-refractivity contribution in [2.45, 2.75) is 41.5 Å². The first kappa shape index (κ1) is 22.8. The third-order valence-electron chi connectivity index (χ3n) is 5.56. The summed E-state index contributed by atoms with van der Waals surface area (Å²) in [6, 6.07) is 30.1. The molecule has 0 N–H and O–H groups in total. The third kappa shape index (κ3) is 5.83. The molecule has 0 atom stereocenters. The monoisotopic (exact) mass is 424 g/mol. The fourth-order valence-corrected chi connectivity index (χ4v) is 4.54. The van der Waals surface area contributed by atoms with Crippen LogP contribution in [0.1, 0.15) is 32.0 Å². The Kier molecular flexibility index (Phi) is 7.65. The number of hydrogen-bond acceptors (Lipinski definition) is 1. The average molecular weight is 425 g/mol. The van der Waals surface area contributed by atoms with Gasteiger partial charge in [0, 0.05) is 9.75 Å². The van der Waals surface area contributed by atoms with Crippen molar-refractivity contribution in [2.75, 3.05) is 0 Å². The van der Waals surface area contributed by atoms with Crippen LogP contribution in [0.3, 0.4) is 0 Å². The Balaban J connectivity index is 0.000000152. The summed E-state index contributed by atoms with van der Waals surface area (Å²) in [7, 11) is 0. The highest BCUT2D eigenvalue weighted by atomic mass is 32.1. The lowest BCUT2D eigenvalue weighted by atomic mass is 9.93. The molecule has 1 heteroatoms. The summed E-state index contributed by atoms with van der Waals surface area (Å²) in [6.45, 7) is 12.9. The fourth-order valence-electron chi connectivity index (χ4n) is 3.76. The van der Waals surface area contributed by atoms with Gasteiger partial charge in [0.1, 0.15) is 0 Å². The van der Waals surface area contributed by atoms with Crippen molar-refractivity contribution in [2.24, 2.45) is 0 Å². The number of fused-ring (bicyclic) bond motifs is 2. The van der Waals surface area contributed by atoms with E-state index in [-0.39, 0.29) is 0 Å². The zero-order chi connectivity index (χ0) is 22.4. The van der Waals surface area contributed by atoms with Crippen molar-refractivity contribution in [3.8, 4) is 0 Å². The number of hydrogen-bond donors (Lipinski definition) is 0. The van der Waals surface area contributed by atoms with Gasteiger partial charge in [-0.15, -0.1) is 11.3 Å². The normalized spacial score (nSPS) is 10.3. The van der Waals surface area contributed by atoms with Gasteiger partial charge >= 0.3 is 0 Å². The maximum atomic E-state index is 2.21. The highest BCUT2D eigenvalue weighted by Crippen LogP contribution is 2.31. The van der Waals surface area contributed by atoms with Gasteiger partial charge in [0.05, 0.1) is 0 Å². The first-order chi connectivity index (χ1) is 14.9. The van der Waals surface area contributed by atoms with Crippen LogP contribution in [0.2, 0.25) is 0 Å². The van der Waals surface area contributed by atoms with E-state index < -0.39 is 0 Å². The Bertz CT molecular complexity index is 1120. The maximum absolute atomic E-state index is 2.21. The molecule has 4 aromatic carbocycles. The Labute approximate surface area is 191 Å². The smallest absolute Gasteiger partial charge is 0.00170 e. The quantitative estimate of drug-likeness (QED) is 0.217. The predicted octanol–water partition coefficient (Wildman–Crippen LogP) is 9.28. The number of thiophene rings is 1. The number of benzene rings is 4. The topological polar surface area (TPSA) is 0 Å². The molecule has 0 saturated heterocycles. The van der Waals surface area contributed by atoms with Crippen LogP contribution in [0.4, 0.5) is 0 Å². The molecule has 5 aromatic rings. The molecule has 0 radical (unpaired) electrons. The summed E-state index contributed by atoms with van der Waals surface area (Å²) < 4.78 is 0. The molecular formula is C30H32S. The zero-order valence-electron chi connectivity index (χ0n) is 19.5. The van der Waals surface area contributed by atoms with Crippen LogP contribution in [0.5, 0.6) is 0 Å². The van der Waals surface area contributed by atoms with Gasteiger partial charge in [-0.05, 0) is 86.3 Å². The van der Waals surface area contributed by atoms with E-state index in [0.717, 1.165) is 0 Å². The molecule has 0 bridgehead atoms. The van der Waals surface area contributed by atoms with Crippen molar-refractivity contribution in [1.82, 2.24) is 0 Å². The molecule has 0 amide bonds. The van der Waals surface area contributed by atoms with Crippen molar-refractivity contribution < 1.29 is 0 Å². The number of rotatable bonds is 0. The third-order valence-corrected chi connectivity index (χ3v) is 6.48. The van der Waals surface area contributed by atoms with E-state index >= 15 is 0 Å². The molecule has 0 fully saturated rings. The Morgan fingerprint density at radius 2 is 0.677 bits per heavy atom. The molecule has 0 saturated carbocycles. The van der Waals surface area contributed by atoms with Gasteiger partial charge in [-0.25, -0.2) is 0 Å².